The van der Waals surface area contributed by atoms with E-state index in [1.54, 1.807) is 12.1 Å². The molecule has 0 bridgehead atoms. The van der Waals surface area contributed by atoms with Gasteiger partial charge < -0.3 is 0 Å². The van der Waals surface area contributed by atoms with Crippen LogP contribution in [0.15, 0.2) is 24.3 Å². The summed E-state index contributed by atoms with van der Waals surface area (Å²) in [4.78, 5) is 19.3. The van der Waals surface area contributed by atoms with E-state index in [9.17, 15) is 4.79 Å². The van der Waals surface area contributed by atoms with Crippen molar-refractivity contribution in [3.63, 3.8) is 0 Å². The summed E-state index contributed by atoms with van der Waals surface area (Å²) in [5, 5.41) is 3.44. The van der Waals surface area contributed by atoms with Gasteiger partial charge in [0, 0.05) is 17.5 Å². The second-order valence-electron chi connectivity index (χ2n) is 3.99. The number of amides is 1. The van der Waals surface area contributed by atoms with Crippen molar-refractivity contribution in [3.8, 4) is 11.1 Å². The van der Waals surface area contributed by atoms with E-state index in [1.807, 2.05) is 19.1 Å². The quantitative estimate of drug-likeness (QED) is 0.859. The lowest BCUT2D eigenvalue weighted by molar-refractivity contribution is -0.114. The Morgan fingerprint density at radius 2 is 1.79 bits per heavy atom. The Kier molecular flexibility index (Phi) is 4.02. The van der Waals surface area contributed by atoms with Gasteiger partial charge in [-0.3, -0.25) is 10.1 Å². The number of carbonyl (C=O) groups is 1. The molecule has 0 aliphatic carbocycles. The van der Waals surface area contributed by atoms with E-state index in [4.69, 9.17) is 23.2 Å². The average Bonchev–Trinajstić information content (AvgIpc) is 2.29. The smallest absolute Gasteiger partial charge is 0.231 e. The molecular formula is C13H11Cl2N3O. The highest BCUT2D eigenvalue weighted by molar-refractivity contribution is 6.32. The van der Waals surface area contributed by atoms with Crippen molar-refractivity contribution in [1.82, 2.24) is 9.97 Å². The minimum atomic E-state index is -0.241. The molecule has 1 aromatic heterocycles. The first-order chi connectivity index (χ1) is 8.97. The number of carbonyl (C=O) groups excluding carboxylic acids is 1. The molecule has 4 nitrogen and oxygen atoms in total. The van der Waals surface area contributed by atoms with E-state index in [0.717, 1.165) is 11.1 Å². The highest BCUT2D eigenvalue weighted by atomic mass is 35.5. The number of aryl methyl sites for hydroxylation is 1. The highest BCUT2D eigenvalue weighted by Gasteiger charge is 2.12. The number of hydrogen-bond donors (Lipinski definition) is 1. The number of nitrogens with one attached hydrogen (secondary N) is 1. The number of nitrogens with zero attached hydrogens (tertiary/aromatic N) is 2. The van der Waals surface area contributed by atoms with Gasteiger partial charge in [-0.15, -0.1) is 0 Å². The van der Waals surface area contributed by atoms with Crippen LogP contribution >= 0.6 is 23.2 Å². The second-order valence-corrected chi connectivity index (χ2v) is 4.78. The lowest BCUT2D eigenvalue weighted by Crippen LogP contribution is -2.10. The van der Waals surface area contributed by atoms with Crippen molar-refractivity contribution in [1.29, 1.82) is 0 Å². The van der Waals surface area contributed by atoms with Crippen LogP contribution in [0.4, 0.5) is 5.95 Å². The van der Waals surface area contributed by atoms with Crippen molar-refractivity contribution in [2.75, 3.05) is 5.32 Å². The lowest BCUT2D eigenvalue weighted by atomic mass is 10.1. The Morgan fingerprint density at radius 1 is 1.16 bits per heavy atom. The summed E-state index contributed by atoms with van der Waals surface area (Å²) in [6.07, 6.45) is 0. The molecule has 0 spiro atoms. The summed E-state index contributed by atoms with van der Waals surface area (Å²) >= 11 is 12.0. The first-order valence-corrected chi connectivity index (χ1v) is 6.30. The Bertz CT molecular complexity index is 603. The Labute approximate surface area is 120 Å². The molecule has 98 valence electrons. The number of hydrogen-bond acceptors (Lipinski definition) is 3. The third-order valence-corrected chi connectivity index (χ3v) is 2.99. The van der Waals surface area contributed by atoms with Crippen LogP contribution in [0.5, 0.6) is 0 Å². The third-order valence-electron chi connectivity index (χ3n) is 2.47. The van der Waals surface area contributed by atoms with Crippen molar-refractivity contribution in [2.24, 2.45) is 0 Å². The predicted molar refractivity (Wildman–Crippen MR) is 76.5 cm³/mol. The minimum Gasteiger partial charge on any atom is -0.295 e. The Balaban J connectivity index is 2.47. The minimum absolute atomic E-state index is 0.202. The Hall–Kier alpha value is -1.65. The average molecular weight is 296 g/mol. The van der Waals surface area contributed by atoms with E-state index >= 15 is 0 Å². The number of anilines is 1. The Morgan fingerprint density at radius 3 is 2.32 bits per heavy atom. The maximum absolute atomic E-state index is 11.0. The fraction of sp³-hybridized carbons (Fsp3) is 0.154. The number of halogens is 2. The largest absolute Gasteiger partial charge is 0.295 e. The molecule has 2 rings (SSSR count). The zero-order valence-electron chi connectivity index (χ0n) is 10.4. The molecule has 1 aromatic carbocycles. The van der Waals surface area contributed by atoms with Crippen LogP contribution in [0.2, 0.25) is 10.2 Å². The molecule has 0 aliphatic heterocycles. The van der Waals surface area contributed by atoms with Crippen molar-refractivity contribution < 1.29 is 4.79 Å². The van der Waals surface area contributed by atoms with E-state index < -0.39 is 0 Å². The van der Waals surface area contributed by atoms with Crippen LogP contribution in [0.25, 0.3) is 11.1 Å². The molecule has 0 radical (unpaired) electrons. The summed E-state index contributed by atoms with van der Waals surface area (Å²) in [6, 6.07) is 7.23. The van der Waals surface area contributed by atoms with Crippen LogP contribution in [0.3, 0.4) is 0 Å². The molecule has 0 aliphatic rings. The molecule has 1 N–H and O–H groups in total. The van der Waals surface area contributed by atoms with Crippen LogP contribution in [0, 0.1) is 6.92 Å². The van der Waals surface area contributed by atoms with Crippen molar-refractivity contribution in [3.05, 3.63) is 40.1 Å². The molecule has 6 heteroatoms. The fourth-order valence-electron chi connectivity index (χ4n) is 1.70. The van der Waals surface area contributed by atoms with Gasteiger partial charge in [-0.05, 0) is 24.6 Å². The van der Waals surface area contributed by atoms with Gasteiger partial charge in [0.1, 0.15) is 5.15 Å². The lowest BCUT2D eigenvalue weighted by Gasteiger charge is -2.09. The van der Waals surface area contributed by atoms with E-state index in [1.165, 1.54) is 6.92 Å². The van der Waals surface area contributed by atoms with Crippen LogP contribution in [0.1, 0.15) is 12.6 Å². The van der Waals surface area contributed by atoms with E-state index in [-0.39, 0.29) is 11.9 Å². The summed E-state index contributed by atoms with van der Waals surface area (Å²) in [7, 11) is 0. The normalized spacial score (nSPS) is 10.3. The van der Waals surface area contributed by atoms with Crippen LogP contribution < -0.4 is 5.32 Å². The van der Waals surface area contributed by atoms with Gasteiger partial charge in [-0.2, -0.15) is 0 Å². The monoisotopic (exact) mass is 295 g/mol. The third kappa shape index (κ3) is 3.22. The molecule has 0 saturated heterocycles. The summed E-state index contributed by atoms with van der Waals surface area (Å²) in [5.74, 6) is -0.0394. The van der Waals surface area contributed by atoms with Gasteiger partial charge in [-0.25, -0.2) is 9.97 Å². The molecular weight excluding hydrogens is 285 g/mol. The molecule has 1 heterocycles. The SMILES string of the molecule is CC(=O)Nc1nc(C)c(-c2ccc(Cl)cc2)c(Cl)n1. The predicted octanol–water partition coefficient (Wildman–Crippen LogP) is 3.72. The van der Waals surface area contributed by atoms with Gasteiger partial charge in [-0.1, -0.05) is 35.3 Å². The first kappa shape index (κ1) is 13.8. The van der Waals surface area contributed by atoms with Crippen molar-refractivity contribution in [2.45, 2.75) is 13.8 Å². The fourth-order valence-corrected chi connectivity index (χ4v) is 2.15. The zero-order chi connectivity index (χ0) is 14.0. The maximum atomic E-state index is 11.0. The van der Waals surface area contributed by atoms with E-state index in [0.29, 0.717) is 15.9 Å². The molecule has 2 aromatic rings. The van der Waals surface area contributed by atoms with Gasteiger partial charge in [0.05, 0.1) is 5.69 Å². The summed E-state index contributed by atoms with van der Waals surface area (Å²) in [6.45, 7) is 3.20. The standard InChI is InChI=1S/C13H11Cl2N3O/c1-7-11(9-3-5-10(14)6-4-9)12(15)18-13(16-7)17-8(2)19/h3-6H,1-2H3,(H,16,17,18,19). The second kappa shape index (κ2) is 5.55. The molecule has 19 heavy (non-hydrogen) atoms. The van der Waals surface area contributed by atoms with E-state index in [2.05, 4.69) is 15.3 Å². The number of aromatic nitrogens is 2. The number of benzene rings is 1. The van der Waals surface area contributed by atoms with Gasteiger partial charge in [0.2, 0.25) is 11.9 Å². The van der Waals surface area contributed by atoms with Crippen LogP contribution in [-0.2, 0) is 4.79 Å². The summed E-state index contributed by atoms with van der Waals surface area (Å²) in [5.41, 5.74) is 2.29. The van der Waals surface area contributed by atoms with Gasteiger partial charge in [0.15, 0.2) is 0 Å². The maximum Gasteiger partial charge on any atom is 0.231 e. The van der Waals surface area contributed by atoms with Crippen molar-refractivity contribution >= 4 is 35.1 Å². The highest BCUT2D eigenvalue weighted by Crippen LogP contribution is 2.30. The molecule has 0 unspecified atom stereocenters. The van der Waals surface area contributed by atoms with Crippen LogP contribution in [-0.4, -0.2) is 15.9 Å². The number of rotatable bonds is 2. The van der Waals surface area contributed by atoms with Gasteiger partial charge >= 0.3 is 0 Å². The summed E-state index contributed by atoms with van der Waals surface area (Å²) < 4.78 is 0. The molecule has 1 amide bonds. The molecule has 0 fully saturated rings. The molecule has 0 saturated carbocycles. The molecule has 0 atom stereocenters. The first-order valence-electron chi connectivity index (χ1n) is 5.55. The topological polar surface area (TPSA) is 54.9 Å². The zero-order valence-corrected chi connectivity index (χ0v) is 11.9. The van der Waals surface area contributed by atoms with Gasteiger partial charge in [0.25, 0.3) is 0 Å².